The third-order valence-corrected chi connectivity index (χ3v) is 19.6. The van der Waals surface area contributed by atoms with Crippen LogP contribution in [-0.2, 0) is 0 Å². The number of hydrogen-bond acceptors (Lipinski definition) is 0. The van der Waals surface area contributed by atoms with E-state index in [0.29, 0.717) is 5.41 Å². The van der Waals surface area contributed by atoms with E-state index in [1.165, 1.54) is 38.5 Å². The van der Waals surface area contributed by atoms with Crippen LogP contribution in [0.2, 0.25) is 0 Å². The minimum atomic E-state index is -0.371. The topological polar surface area (TPSA) is 0 Å². The van der Waals surface area contributed by atoms with Crippen molar-refractivity contribution in [3.05, 3.63) is 0 Å². The van der Waals surface area contributed by atoms with Crippen LogP contribution in [0.1, 0.15) is 130 Å². The molecule has 218 valence electrons. The molecular weight excluding hydrogens is 476 g/mol. The van der Waals surface area contributed by atoms with E-state index >= 15 is 0 Å². The Labute approximate surface area is 239 Å². The van der Waals surface area contributed by atoms with Crippen molar-refractivity contribution in [2.24, 2.45) is 76.4 Å². The maximum atomic E-state index is 2.81. The van der Waals surface area contributed by atoms with Gasteiger partial charge in [0.25, 0.3) is 0 Å². The molecule has 7 fully saturated rings. The fraction of sp³-hybridized carbons (Fsp3) is 1.00. The standard InChI is InChI=1S/C37H64S/c1-23-11-7-8-12-24(2)32-21-25(15-17-27(23)32)28-19-20-29(36-35(28)38(36,5)6)26-16-18-31-30-13-9-10-14-33(30)37(3,4)34(31)22-26/h23-36H,7-22H2,1-6H3. The van der Waals surface area contributed by atoms with E-state index < -0.39 is 0 Å². The first kappa shape index (κ1) is 27.2. The second-order valence-corrected chi connectivity index (χ2v) is 21.7. The van der Waals surface area contributed by atoms with Gasteiger partial charge in [-0.15, -0.1) is 0 Å². The Morgan fingerprint density at radius 1 is 0.474 bits per heavy atom. The molecule has 6 saturated carbocycles. The van der Waals surface area contributed by atoms with Crippen LogP contribution < -0.4 is 0 Å². The lowest BCUT2D eigenvalue weighted by Crippen LogP contribution is -2.41. The van der Waals surface area contributed by atoms with E-state index in [2.05, 4.69) is 40.2 Å². The minimum absolute atomic E-state index is 0.371. The van der Waals surface area contributed by atoms with Gasteiger partial charge in [-0.1, -0.05) is 66.2 Å². The van der Waals surface area contributed by atoms with E-state index in [0.717, 1.165) is 81.5 Å². The first-order valence-electron chi connectivity index (χ1n) is 17.9. The summed E-state index contributed by atoms with van der Waals surface area (Å²) in [4.78, 5) is 0. The van der Waals surface area contributed by atoms with Crippen molar-refractivity contribution in [1.29, 1.82) is 0 Å². The van der Waals surface area contributed by atoms with Crippen molar-refractivity contribution in [3.63, 3.8) is 0 Å². The lowest BCUT2D eigenvalue weighted by Gasteiger charge is -2.47. The molecule has 0 spiro atoms. The van der Waals surface area contributed by atoms with Crippen LogP contribution in [0.25, 0.3) is 0 Å². The lowest BCUT2D eigenvalue weighted by atomic mass is 9.58. The first-order valence-corrected chi connectivity index (χ1v) is 20.5. The highest BCUT2D eigenvalue weighted by molar-refractivity contribution is 8.39. The summed E-state index contributed by atoms with van der Waals surface area (Å²) in [6.45, 7) is 10.7. The highest BCUT2D eigenvalue weighted by Crippen LogP contribution is 2.80. The molecule has 0 N–H and O–H groups in total. The Kier molecular flexibility index (Phi) is 7.14. The predicted molar refractivity (Wildman–Crippen MR) is 168 cm³/mol. The molecule has 0 aromatic heterocycles. The second-order valence-electron chi connectivity index (χ2n) is 17.7. The third-order valence-electron chi connectivity index (χ3n) is 15.8. The molecule has 0 aromatic carbocycles. The van der Waals surface area contributed by atoms with Crippen molar-refractivity contribution in [2.45, 2.75) is 141 Å². The molecule has 7 rings (SSSR count). The predicted octanol–water partition coefficient (Wildman–Crippen LogP) is 10.6. The normalized spacial score (nSPS) is 56.3. The fourth-order valence-corrected chi connectivity index (χ4v) is 18.6. The molecule has 6 aliphatic carbocycles. The average molecular weight is 541 g/mol. The Balaban J connectivity index is 1.04. The van der Waals surface area contributed by atoms with Gasteiger partial charge in [0.15, 0.2) is 0 Å². The van der Waals surface area contributed by atoms with Gasteiger partial charge >= 0.3 is 0 Å². The Morgan fingerprint density at radius 2 is 0.974 bits per heavy atom. The van der Waals surface area contributed by atoms with E-state index in [-0.39, 0.29) is 10.0 Å². The fourth-order valence-electron chi connectivity index (χ4n) is 13.9. The van der Waals surface area contributed by atoms with Crippen molar-refractivity contribution >= 4 is 10.0 Å². The van der Waals surface area contributed by atoms with E-state index in [1.807, 2.05) is 0 Å². The molecule has 1 heterocycles. The van der Waals surface area contributed by atoms with Gasteiger partial charge in [0.1, 0.15) is 0 Å². The molecule has 0 radical (unpaired) electrons. The van der Waals surface area contributed by atoms with Crippen molar-refractivity contribution in [1.82, 2.24) is 0 Å². The van der Waals surface area contributed by atoms with Crippen LogP contribution >= 0.6 is 10.0 Å². The van der Waals surface area contributed by atoms with Crippen LogP contribution in [0.4, 0.5) is 0 Å². The highest BCUT2D eigenvalue weighted by atomic mass is 32.3. The minimum Gasteiger partial charge on any atom is -0.239 e. The monoisotopic (exact) mass is 540 g/mol. The summed E-state index contributed by atoms with van der Waals surface area (Å²) in [5.41, 5.74) is 0.626. The summed E-state index contributed by atoms with van der Waals surface area (Å²) in [6, 6.07) is 0. The number of hydrogen-bond donors (Lipinski definition) is 0. The first-order chi connectivity index (χ1) is 18.2. The van der Waals surface area contributed by atoms with E-state index in [9.17, 15) is 0 Å². The van der Waals surface area contributed by atoms with Gasteiger partial charge in [-0.2, -0.15) is 0 Å². The van der Waals surface area contributed by atoms with Crippen molar-refractivity contribution < 1.29 is 0 Å². The summed E-state index contributed by atoms with van der Waals surface area (Å²) in [7, 11) is -0.371. The molecule has 14 atom stereocenters. The summed E-state index contributed by atoms with van der Waals surface area (Å²) in [5, 5.41) is 2.31. The Morgan fingerprint density at radius 3 is 1.66 bits per heavy atom. The molecule has 1 saturated heterocycles. The van der Waals surface area contributed by atoms with E-state index in [1.54, 1.807) is 64.2 Å². The molecule has 0 amide bonds. The molecule has 1 aliphatic heterocycles. The Bertz CT molecular complexity index is 857. The summed E-state index contributed by atoms with van der Waals surface area (Å²) < 4.78 is 0. The average Bonchev–Trinajstić information content (AvgIpc) is 3.42. The molecule has 1 heteroatoms. The molecule has 14 unspecified atom stereocenters. The van der Waals surface area contributed by atoms with E-state index in [4.69, 9.17) is 0 Å². The summed E-state index contributed by atoms with van der Waals surface area (Å²) >= 11 is 0. The summed E-state index contributed by atoms with van der Waals surface area (Å²) in [6.07, 6.45) is 30.7. The zero-order valence-electron chi connectivity index (χ0n) is 26.3. The highest BCUT2D eigenvalue weighted by Gasteiger charge is 2.66. The van der Waals surface area contributed by atoms with Crippen LogP contribution in [0.3, 0.4) is 0 Å². The van der Waals surface area contributed by atoms with Gasteiger partial charge in [0.2, 0.25) is 0 Å². The van der Waals surface area contributed by atoms with Crippen LogP contribution in [0.5, 0.6) is 0 Å². The SMILES string of the molecule is CC1CCCCC(C)C2CC(C3CCC(C4CCC5C6CCCCC6C(C)(C)C5C4)C4C3S4(C)C)CCC12. The van der Waals surface area contributed by atoms with Gasteiger partial charge in [-0.25, -0.2) is 10.0 Å². The number of fused-ring (bicyclic) bond motifs is 5. The van der Waals surface area contributed by atoms with Crippen LogP contribution in [-0.4, -0.2) is 23.0 Å². The lowest BCUT2D eigenvalue weighted by molar-refractivity contribution is 0.0336. The van der Waals surface area contributed by atoms with Gasteiger partial charge in [0, 0.05) is 10.5 Å². The molecule has 0 aromatic rings. The zero-order chi connectivity index (χ0) is 26.4. The maximum absolute atomic E-state index is 2.81. The van der Waals surface area contributed by atoms with Gasteiger partial charge in [-0.3, -0.25) is 0 Å². The molecular formula is C37H64S. The molecule has 0 bridgehead atoms. The summed E-state index contributed by atoms with van der Waals surface area (Å²) in [5.74, 6) is 12.8. The Hall–Kier alpha value is 0.350. The molecule has 38 heavy (non-hydrogen) atoms. The smallest absolute Gasteiger partial charge is 0.00246 e. The largest absolute Gasteiger partial charge is 0.239 e. The maximum Gasteiger partial charge on any atom is 0.00246 e. The van der Waals surface area contributed by atoms with Gasteiger partial charge in [0.05, 0.1) is 0 Å². The second kappa shape index (κ2) is 9.97. The molecule has 7 aliphatic rings. The van der Waals surface area contributed by atoms with Crippen LogP contribution in [0, 0.1) is 76.4 Å². The molecule has 0 nitrogen and oxygen atoms in total. The van der Waals surface area contributed by atoms with Crippen molar-refractivity contribution in [2.75, 3.05) is 12.5 Å². The quantitative estimate of drug-likeness (QED) is 0.306. The van der Waals surface area contributed by atoms with Gasteiger partial charge in [-0.05, 0) is 153 Å². The number of rotatable bonds is 2. The van der Waals surface area contributed by atoms with Crippen molar-refractivity contribution in [3.8, 4) is 0 Å². The third kappa shape index (κ3) is 4.25. The zero-order valence-corrected chi connectivity index (χ0v) is 27.1. The van der Waals surface area contributed by atoms with Crippen LogP contribution in [0.15, 0.2) is 0 Å². The van der Waals surface area contributed by atoms with Gasteiger partial charge < -0.3 is 0 Å².